The maximum atomic E-state index is 13.9. The van der Waals surface area contributed by atoms with Gasteiger partial charge in [0, 0.05) is 38.0 Å². The van der Waals surface area contributed by atoms with E-state index in [-0.39, 0.29) is 55.9 Å². The molecule has 0 spiro atoms. The lowest BCUT2D eigenvalue weighted by atomic mass is 10.0. The number of benzene rings is 3. The van der Waals surface area contributed by atoms with Crippen LogP contribution in [0, 0.1) is 11.6 Å². The average molecular weight is 616 g/mol. The summed E-state index contributed by atoms with van der Waals surface area (Å²) in [6, 6.07) is 18.5. The van der Waals surface area contributed by atoms with Gasteiger partial charge in [0.25, 0.3) is 0 Å². The number of sulfonamides is 1. The number of carbonyl (C=O) groups is 2. The van der Waals surface area contributed by atoms with Gasteiger partial charge in [-0.25, -0.2) is 17.2 Å². The molecule has 2 amide bonds. The van der Waals surface area contributed by atoms with E-state index in [0.717, 1.165) is 33.8 Å². The summed E-state index contributed by atoms with van der Waals surface area (Å²) in [7, 11) is -2.33. The van der Waals surface area contributed by atoms with Crippen LogP contribution in [0.2, 0.25) is 0 Å². The summed E-state index contributed by atoms with van der Waals surface area (Å²) < 4.78 is 58.7. The zero-order chi connectivity index (χ0) is 31.6. The van der Waals surface area contributed by atoms with Crippen LogP contribution in [0.4, 0.5) is 14.5 Å². The van der Waals surface area contributed by atoms with Crippen molar-refractivity contribution in [3.8, 4) is 5.75 Å². The summed E-state index contributed by atoms with van der Waals surface area (Å²) >= 11 is 0. The van der Waals surface area contributed by atoms with Gasteiger partial charge in [-0.05, 0) is 55.2 Å². The Kier molecular flexibility index (Phi) is 12.1. The first-order chi connectivity index (χ1) is 20.4. The number of methoxy groups -OCH3 is 1. The molecule has 3 rings (SSSR count). The third-order valence-corrected chi connectivity index (χ3v) is 8.30. The van der Waals surface area contributed by atoms with E-state index in [4.69, 9.17) is 4.74 Å². The largest absolute Gasteiger partial charge is 0.497 e. The molecule has 8 nitrogen and oxygen atoms in total. The fourth-order valence-corrected chi connectivity index (χ4v) is 5.56. The summed E-state index contributed by atoms with van der Waals surface area (Å²) in [6.45, 7) is 3.81. The van der Waals surface area contributed by atoms with Crippen LogP contribution < -0.4 is 14.4 Å². The molecule has 0 radical (unpaired) electrons. The lowest BCUT2D eigenvalue weighted by molar-refractivity contribution is -0.141. The third kappa shape index (κ3) is 9.77. The minimum atomic E-state index is -3.87. The number of halogens is 2. The normalized spacial score (nSPS) is 12.7. The van der Waals surface area contributed by atoms with Crippen LogP contribution in [0.15, 0.2) is 72.8 Å². The van der Waals surface area contributed by atoms with Gasteiger partial charge in [-0.15, -0.1) is 0 Å². The van der Waals surface area contributed by atoms with Crippen LogP contribution in [0.3, 0.4) is 0 Å². The summed E-state index contributed by atoms with van der Waals surface area (Å²) in [5, 5.41) is 3.01. The van der Waals surface area contributed by atoms with Crippen LogP contribution in [0.25, 0.3) is 0 Å². The molecule has 0 bridgehead atoms. The average Bonchev–Trinajstić information content (AvgIpc) is 2.98. The highest BCUT2D eigenvalue weighted by molar-refractivity contribution is 7.92. The van der Waals surface area contributed by atoms with E-state index in [9.17, 15) is 26.8 Å². The lowest BCUT2D eigenvalue weighted by Crippen LogP contribution is -2.52. The molecule has 0 heterocycles. The highest BCUT2D eigenvalue weighted by atomic mass is 32.2. The van der Waals surface area contributed by atoms with Crippen molar-refractivity contribution in [3.63, 3.8) is 0 Å². The topological polar surface area (TPSA) is 96.0 Å². The number of hydrogen-bond donors (Lipinski definition) is 1. The van der Waals surface area contributed by atoms with E-state index in [1.807, 2.05) is 50.2 Å². The molecule has 11 heteroatoms. The van der Waals surface area contributed by atoms with E-state index < -0.39 is 27.7 Å². The Bertz CT molecular complexity index is 1490. The first-order valence-electron chi connectivity index (χ1n) is 14.1. The van der Waals surface area contributed by atoms with Crippen molar-refractivity contribution in [3.05, 3.63) is 95.6 Å². The number of amides is 2. The van der Waals surface area contributed by atoms with Crippen LogP contribution in [-0.2, 0) is 32.6 Å². The van der Waals surface area contributed by atoms with Gasteiger partial charge in [-0.1, -0.05) is 49.4 Å². The number of ether oxygens (including phenoxy) is 1. The molecule has 2 atom stereocenters. The molecule has 0 fully saturated rings. The fraction of sp³-hybridized carbons (Fsp3) is 0.375. The van der Waals surface area contributed by atoms with Crippen molar-refractivity contribution in [2.45, 2.75) is 58.2 Å². The molecular formula is C32H39F2N3O5S. The first kappa shape index (κ1) is 33.5. The van der Waals surface area contributed by atoms with Crippen LogP contribution in [0.5, 0.6) is 5.75 Å². The zero-order valence-corrected chi connectivity index (χ0v) is 25.7. The molecule has 232 valence electrons. The van der Waals surface area contributed by atoms with Gasteiger partial charge in [0.2, 0.25) is 21.8 Å². The molecule has 0 saturated heterocycles. The van der Waals surface area contributed by atoms with Crippen molar-refractivity contribution in [2.24, 2.45) is 0 Å². The Balaban J connectivity index is 1.91. The maximum absolute atomic E-state index is 13.9. The second-order valence-corrected chi connectivity index (χ2v) is 12.3. The third-order valence-electron chi connectivity index (χ3n) is 7.10. The van der Waals surface area contributed by atoms with Crippen LogP contribution in [-0.4, -0.2) is 57.1 Å². The quantitative estimate of drug-likeness (QED) is 0.258. The van der Waals surface area contributed by atoms with Gasteiger partial charge in [-0.3, -0.25) is 13.9 Å². The molecule has 43 heavy (non-hydrogen) atoms. The van der Waals surface area contributed by atoms with Crippen molar-refractivity contribution in [1.29, 1.82) is 0 Å². The second-order valence-electron chi connectivity index (χ2n) is 10.4. The molecule has 0 saturated carbocycles. The van der Waals surface area contributed by atoms with Gasteiger partial charge in [0.05, 0.1) is 19.1 Å². The minimum Gasteiger partial charge on any atom is -0.497 e. The summed E-state index contributed by atoms with van der Waals surface area (Å²) in [6.07, 6.45) is 1.91. The molecule has 0 aliphatic rings. The van der Waals surface area contributed by atoms with E-state index >= 15 is 0 Å². The predicted octanol–water partition coefficient (Wildman–Crippen LogP) is 5.07. The Morgan fingerprint density at radius 2 is 1.65 bits per heavy atom. The molecule has 3 aromatic carbocycles. The Hall–Kier alpha value is -3.99. The summed E-state index contributed by atoms with van der Waals surface area (Å²) in [5.74, 6) is -2.33. The van der Waals surface area contributed by atoms with E-state index in [2.05, 4.69) is 5.32 Å². The first-order valence-corrected chi connectivity index (χ1v) is 16.0. The number of carbonyl (C=O) groups excluding carboxylic acids is 2. The Labute approximate surface area is 252 Å². The summed E-state index contributed by atoms with van der Waals surface area (Å²) in [4.78, 5) is 29.1. The van der Waals surface area contributed by atoms with Gasteiger partial charge in [-0.2, -0.15) is 0 Å². The molecule has 0 aliphatic carbocycles. The maximum Gasteiger partial charge on any atom is 0.243 e. The molecular weight excluding hydrogens is 576 g/mol. The number of nitrogens with zero attached hydrogens (tertiary/aromatic N) is 2. The van der Waals surface area contributed by atoms with E-state index in [1.54, 1.807) is 25.3 Å². The van der Waals surface area contributed by atoms with Gasteiger partial charge in [0.15, 0.2) is 11.6 Å². The number of anilines is 1. The van der Waals surface area contributed by atoms with Crippen LogP contribution >= 0.6 is 0 Å². The van der Waals surface area contributed by atoms with Crippen molar-refractivity contribution in [2.75, 3.05) is 24.2 Å². The highest BCUT2D eigenvalue weighted by Gasteiger charge is 2.31. The van der Waals surface area contributed by atoms with Crippen molar-refractivity contribution < 1.29 is 31.5 Å². The fourth-order valence-electron chi connectivity index (χ4n) is 4.61. The van der Waals surface area contributed by atoms with Gasteiger partial charge >= 0.3 is 0 Å². The van der Waals surface area contributed by atoms with Gasteiger partial charge in [0.1, 0.15) is 11.8 Å². The molecule has 0 aliphatic heterocycles. The standard InChI is InChI=1S/C32H39F2N3O5S/c1-5-23(2)35-32(39)30(20-24-11-7-6-8-12-24)36(22-25-13-9-14-27(19-25)42-3)31(38)15-10-18-37(43(4,40)41)26-16-17-28(33)29(34)21-26/h6-9,11-14,16-17,19,21,23,30H,5,10,15,18,20,22H2,1-4H3,(H,35,39)/t23-,30-/m1/s1. The van der Waals surface area contributed by atoms with Gasteiger partial charge < -0.3 is 15.0 Å². The van der Waals surface area contributed by atoms with Crippen molar-refractivity contribution >= 4 is 27.5 Å². The number of rotatable bonds is 15. The minimum absolute atomic E-state index is 0.0445. The molecule has 3 aromatic rings. The van der Waals surface area contributed by atoms with E-state index in [0.29, 0.717) is 12.2 Å². The van der Waals surface area contributed by atoms with E-state index in [1.165, 1.54) is 11.0 Å². The predicted molar refractivity (Wildman–Crippen MR) is 163 cm³/mol. The SMILES string of the molecule is CC[C@@H](C)NC(=O)[C@@H](Cc1ccccc1)N(Cc1cccc(OC)c1)C(=O)CCCN(c1ccc(F)c(F)c1)S(C)(=O)=O. The number of nitrogens with one attached hydrogen (secondary N) is 1. The zero-order valence-electron chi connectivity index (χ0n) is 24.9. The Morgan fingerprint density at radius 3 is 2.28 bits per heavy atom. The molecule has 0 unspecified atom stereocenters. The monoisotopic (exact) mass is 615 g/mol. The Morgan fingerprint density at radius 1 is 0.953 bits per heavy atom. The number of hydrogen-bond acceptors (Lipinski definition) is 5. The van der Waals surface area contributed by atoms with Crippen molar-refractivity contribution in [1.82, 2.24) is 10.2 Å². The summed E-state index contributed by atoms with van der Waals surface area (Å²) in [5.41, 5.74) is 1.58. The molecule has 0 aromatic heterocycles. The van der Waals surface area contributed by atoms with Crippen LogP contribution in [0.1, 0.15) is 44.2 Å². The lowest BCUT2D eigenvalue weighted by Gasteiger charge is -2.33. The molecule has 1 N–H and O–H groups in total. The highest BCUT2D eigenvalue weighted by Crippen LogP contribution is 2.23. The smallest absolute Gasteiger partial charge is 0.243 e. The second kappa shape index (κ2) is 15.5.